The lowest BCUT2D eigenvalue weighted by Gasteiger charge is -2.16. The van der Waals surface area contributed by atoms with Gasteiger partial charge < -0.3 is 19.4 Å². The summed E-state index contributed by atoms with van der Waals surface area (Å²) in [6.45, 7) is 2.74. The van der Waals surface area contributed by atoms with Crippen molar-refractivity contribution in [2.24, 2.45) is 0 Å². The molecule has 0 spiro atoms. The van der Waals surface area contributed by atoms with Crippen molar-refractivity contribution in [3.8, 4) is 11.6 Å². The van der Waals surface area contributed by atoms with E-state index in [0.29, 0.717) is 37.3 Å². The Bertz CT molecular complexity index is 1020. The van der Waals surface area contributed by atoms with Gasteiger partial charge in [0.25, 0.3) is 11.8 Å². The Morgan fingerprint density at radius 1 is 1.36 bits per heavy atom. The molecule has 4 rings (SSSR count). The summed E-state index contributed by atoms with van der Waals surface area (Å²) in [7, 11) is 1.60. The van der Waals surface area contributed by atoms with Crippen molar-refractivity contribution in [2.45, 2.75) is 25.9 Å². The molecule has 1 fully saturated rings. The minimum absolute atomic E-state index is 0.0520. The van der Waals surface area contributed by atoms with Crippen molar-refractivity contribution in [1.82, 2.24) is 19.9 Å². The summed E-state index contributed by atoms with van der Waals surface area (Å²) in [4.78, 5) is 25.5. The molecule has 146 valence electrons. The summed E-state index contributed by atoms with van der Waals surface area (Å²) in [5.74, 6) is 0.0307. The van der Waals surface area contributed by atoms with E-state index in [0.717, 1.165) is 16.7 Å². The Morgan fingerprint density at radius 2 is 2.21 bits per heavy atom. The van der Waals surface area contributed by atoms with Gasteiger partial charge in [-0.05, 0) is 24.6 Å². The molecule has 0 radical (unpaired) electrons. The minimum Gasteiger partial charge on any atom is -0.497 e. The number of carbonyl (C=O) groups is 1. The van der Waals surface area contributed by atoms with Gasteiger partial charge in [-0.25, -0.2) is 4.98 Å². The van der Waals surface area contributed by atoms with Crippen LogP contribution in [-0.2, 0) is 6.42 Å². The first kappa shape index (κ1) is 18.2. The highest BCUT2D eigenvalue weighted by atomic mass is 19.1. The molecule has 28 heavy (non-hydrogen) atoms. The van der Waals surface area contributed by atoms with E-state index in [1.54, 1.807) is 12.0 Å². The molecule has 0 bridgehead atoms. The normalized spacial score (nSPS) is 16.5. The number of hydrogen-bond acceptors (Lipinski definition) is 5. The fourth-order valence-electron chi connectivity index (χ4n) is 3.40. The number of aryl methyl sites for hydroxylation is 1. The summed E-state index contributed by atoms with van der Waals surface area (Å²) in [6, 6.07) is 7.43. The van der Waals surface area contributed by atoms with Crippen LogP contribution in [0, 0.1) is 5.82 Å². The molecule has 0 unspecified atom stereocenters. The lowest BCUT2D eigenvalue weighted by Crippen LogP contribution is -2.31. The number of hydrogen-bond donors (Lipinski definition) is 1. The highest BCUT2D eigenvalue weighted by Gasteiger charge is 2.30. The summed E-state index contributed by atoms with van der Waals surface area (Å²) in [6.07, 6.45) is 2.08. The predicted molar refractivity (Wildman–Crippen MR) is 101 cm³/mol. The summed E-state index contributed by atoms with van der Waals surface area (Å²) >= 11 is 0. The molecule has 1 atom stereocenters. The molecular formula is C20H21FN4O3. The van der Waals surface area contributed by atoms with Crippen LogP contribution in [0.2, 0.25) is 0 Å². The Hall–Kier alpha value is -3.16. The Balaban J connectivity index is 1.46. The molecule has 3 heterocycles. The molecule has 1 aliphatic heterocycles. The highest BCUT2D eigenvalue weighted by Crippen LogP contribution is 2.24. The lowest BCUT2D eigenvalue weighted by atomic mass is 10.2. The van der Waals surface area contributed by atoms with Crippen molar-refractivity contribution in [3.05, 3.63) is 47.8 Å². The molecule has 7 nitrogen and oxygen atoms in total. The van der Waals surface area contributed by atoms with Crippen molar-refractivity contribution in [1.29, 1.82) is 0 Å². The maximum atomic E-state index is 14.3. The van der Waals surface area contributed by atoms with E-state index in [1.807, 2.05) is 31.2 Å². The van der Waals surface area contributed by atoms with E-state index in [-0.39, 0.29) is 17.9 Å². The number of carbonyl (C=O) groups excluding carboxylic acids is 1. The second-order valence-electron chi connectivity index (χ2n) is 6.71. The molecule has 1 aromatic carbocycles. The third-order valence-electron chi connectivity index (χ3n) is 4.94. The van der Waals surface area contributed by atoms with Crippen LogP contribution in [0.4, 0.5) is 4.39 Å². The number of fused-ring (bicyclic) bond motifs is 1. The standard InChI is InChI=1S/C20H21FN4O3/c1-3-15-18(21)19(23-11-22-15)28-14-6-7-25(10-14)20(26)17-8-12-4-5-13(27-2)9-16(12)24-17/h4-5,8-9,11,14,24H,3,6-7,10H2,1-2H3/t14-/m0/s1. The number of aromatic nitrogens is 3. The van der Waals surface area contributed by atoms with Gasteiger partial charge in [0.05, 0.1) is 19.3 Å². The fraction of sp³-hybridized carbons (Fsp3) is 0.350. The monoisotopic (exact) mass is 384 g/mol. The van der Waals surface area contributed by atoms with E-state index >= 15 is 0 Å². The molecule has 1 amide bonds. The zero-order valence-corrected chi connectivity index (χ0v) is 15.7. The van der Waals surface area contributed by atoms with Gasteiger partial charge in [0, 0.05) is 29.9 Å². The smallest absolute Gasteiger partial charge is 0.270 e. The molecule has 1 saturated heterocycles. The van der Waals surface area contributed by atoms with Gasteiger partial charge in [-0.1, -0.05) is 6.92 Å². The van der Waals surface area contributed by atoms with Crippen LogP contribution < -0.4 is 9.47 Å². The third kappa shape index (κ3) is 3.37. The van der Waals surface area contributed by atoms with E-state index < -0.39 is 5.82 Å². The first-order valence-electron chi connectivity index (χ1n) is 9.21. The first-order valence-corrected chi connectivity index (χ1v) is 9.21. The van der Waals surface area contributed by atoms with Gasteiger partial charge in [-0.3, -0.25) is 4.79 Å². The SMILES string of the molecule is CCc1ncnc(O[C@H]2CCN(C(=O)c3cc4ccc(OC)cc4[nH]3)C2)c1F. The molecule has 0 aliphatic carbocycles. The number of aromatic amines is 1. The number of halogens is 1. The molecule has 1 N–H and O–H groups in total. The summed E-state index contributed by atoms with van der Waals surface area (Å²) in [5, 5.41) is 0.936. The van der Waals surface area contributed by atoms with Gasteiger partial charge in [-0.15, -0.1) is 0 Å². The topological polar surface area (TPSA) is 80.3 Å². The van der Waals surface area contributed by atoms with Crippen molar-refractivity contribution in [3.63, 3.8) is 0 Å². The Morgan fingerprint density at radius 3 is 3.00 bits per heavy atom. The number of ether oxygens (including phenoxy) is 2. The fourth-order valence-corrected chi connectivity index (χ4v) is 3.40. The number of nitrogens with zero attached hydrogens (tertiary/aromatic N) is 3. The van der Waals surface area contributed by atoms with E-state index in [9.17, 15) is 9.18 Å². The largest absolute Gasteiger partial charge is 0.497 e. The Kier molecular flexibility index (Phi) is 4.85. The van der Waals surface area contributed by atoms with Gasteiger partial charge in [-0.2, -0.15) is 9.37 Å². The van der Waals surface area contributed by atoms with E-state index in [2.05, 4.69) is 15.0 Å². The summed E-state index contributed by atoms with van der Waals surface area (Å²) in [5.41, 5.74) is 1.67. The zero-order chi connectivity index (χ0) is 19.7. The van der Waals surface area contributed by atoms with Crippen LogP contribution in [0.3, 0.4) is 0 Å². The molecule has 3 aromatic rings. The quantitative estimate of drug-likeness (QED) is 0.732. The van der Waals surface area contributed by atoms with Gasteiger partial charge in [0.15, 0.2) is 0 Å². The number of methoxy groups -OCH3 is 1. The average molecular weight is 384 g/mol. The van der Waals surface area contributed by atoms with Crippen molar-refractivity contribution in [2.75, 3.05) is 20.2 Å². The van der Waals surface area contributed by atoms with Crippen molar-refractivity contribution < 1.29 is 18.7 Å². The first-order chi connectivity index (χ1) is 13.6. The third-order valence-corrected chi connectivity index (χ3v) is 4.94. The number of benzene rings is 1. The maximum Gasteiger partial charge on any atom is 0.270 e. The maximum absolute atomic E-state index is 14.3. The van der Waals surface area contributed by atoms with Gasteiger partial charge >= 0.3 is 0 Å². The number of likely N-dealkylation sites (tertiary alicyclic amines) is 1. The van der Waals surface area contributed by atoms with Crippen LogP contribution in [0.25, 0.3) is 10.9 Å². The zero-order valence-electron chi connectivity index (χ0n) is 15.7. The van der Waals surface area contributed by atoms with Crippen LogP contribution in [0.15, 0.2) is 30.6 Å². The van der Waals surface area contributed by atoms with Crippen LogP contribution in [0.5, 0.6) is 11.6 Å². The van der Waals surface area contributed by atoms with E-state index in [4.69, 9.17) is 9.47 Å². The molecule has 2 aromatic heterocycles. The van der Waals surface area contributed by atoms with Crippen molar-refractivity contribution >= 4 is 16.8 Å². The van der Waals surface area contributed by atoms with Gasteiger partial charge in [0.2, 0.25) is 5.82 Å². The van der Waals surface area contributed by atoms with Crippen LogP contribution in [0.1, 0.15) is 29.5 Å². The molecule has 0 saturated carbocycles. The summed E-state index contributed by atoms with van der Waals surface area (Å²) < 4.78 is 25.2. The molecule has 8 heteroatoms. The second kappa shape index (κ2) is 7.46. The van der Waals surface area contributed by atoms with Gasteiger partial charge in [0.1, 0.15) is 23.9 Å². The minimum atomic E-state index is -0.528. The van der Waals surface area contributed by atoms with E-state index in [1.165, 1.54) is 6.33 Å². The second-order valence-corrected chi connectivity index (χ2v) is 6.71. The number of amides is 1. The van der Waals surface area contributed by atoms with Crippen LogP contribution >= 0.6 is 0 Å². The lowest BCUT2D eigenvalue weighted by molar-refractivity contribution is 0.0765. The number of rotatable bonds is 5. The van der Waals surface area contributed by atoms with Crippen LogP contribution in [-0.4, -0.2) is 52.1 Å². The average Bonchev–Trinajstić information content (AvgIpc) is 3.35. The number of H-pyrrole nitrogens is 1. The number of nitrogens with one attached hydrogen (secondary N) is 1. The predicted octanol–water partition coefficient (Wildman–Crippen LogP) is 2.96. The highest BCUT2D eigenvalue weighted by molar-refractivity contribution is 5.98. The molecule has 1 aliphatic rings. The Labute approximate surface area is 161 Å². The molecular weight excluding hydrogens is 363 g/mol.